The molecule has 0 spiro atoms. The van der Waals surface area contributed by atoms with Crippen LogP contribution in [0.4, 0.5) is 0 Å². The molecule has 0 aliphatic heterocycles. The van der Waals surface area contributed by atoms with E-state index >= 15 is 0 Å². The highest BCUT2D eigenvalue weighted by molar-refractivity contribution is 7.25. The Bertz CT molecular complexity index is 3580. The predicted molar refractivity (Wildman–Crippen MR) is 257 cm³/mol. The van der Waals surface area contributed by atoms with E-state index in [1.54, 1.807) is 0 Å². The van der Waals surface area contributed by atoms with Gasteiger partial charge >= 0.3 is 0 Å². The van der Waals surface area contributed by atoms with Crippen LogP contribution in [0.2, 0.25) is 0 Å². The second kappa shape index (κ2) is 14.8. The Morgan fingerprint density at radius 1 is 0.400 bits per heavy atom. The Kier molecular flexibility index (Phi) is 8.79. The number of nitrogens with zero attached hydrogens (tertiary/aromatic N) is 3. The van der Waals surface area contributed by atoms with Crippen LogP contribution in [0.15, 0.2) is 200 Å². The highest BCUT2D eigenvalue weighted by Gasteiger charge is 2.22. The van der Waals surface area contributed by atoms with Gasteiger partial charge in [-0.05, 0) is 81.1 Å². The number of rotatable bonds is 5. The van der Waals surface area contributed by atoms with Gasteiger partial charge in [0.25, 0.3) is 0 Å². The van der Waals surface area contributed by atoms with Gasteiger partial charge in [0, 0.05) is 47.5 Å². The van der Waals surface area contributed by atoms with Gasteiger partial charge in [-0.2, -0.15) is 0 Å². The van der Waals surface area contributed by atoms with Gasteiger partial charge in [-0.25, -0.2) is 9.97 Å². The third-order valence-corrected chi connectivity index (χ3v) is 12.7. The zero-order valence-corrected chi connectivity index (χ0v) is 34.1. The first kappa shape index (κ1) is 35.7. The Morgan fingerprint density at radius 3 is 1.82 bits per heavy atom. The van der Waals surface area contributed by atoms with Crippen LogP contribution in [-0.4, -0.2) is 14.5 Å². The molecule has 60 heavy (non-hydrogen) atoms. The summed E-state index contributed by atoms with van der Waals surface area (Å²) in [5, 5.41) is 8.45. The zero-order valence-electron chi connectivity index (χ0n) is 33.3. The molecule has 0 aliphatic rings. The molecule has 0 saturated heterocycles. The fourth-order valence-electron chi connectivity index (χ4n) is 8.91. The number of thiophene rings is 1. The molecule has 0 bridgehead atoms. The summed E-state index contributed by atoms with van der Waals surface area (Å²) in [4.78, 5) is 10.7. The maximum absolute atomic E-state index is 5.42. The molecule has 4 heteroatoms. The lowest BCUT2D eigenvalue weighted by Gasteiger charge is -2.14. The quantitative estimate of drug-likeness (QED) is 0.174. The minimum atomic E-state index is 0.652. The Balaban J connectivity index is 0.00000201. The first-order valence-corrected chi connectivity index (χ1v) is 21.5. The number of hydrogen-bond acceptors (Lipinski definition) is 3. The minimum absolute atomic E-state index is 0.652. The topological polar surface area (TPSA) is 30.7 Å². The average Bonchev–Trinajstić information content (AvgIpc) is 3.88. The highest BCUT2D eigenvalue weighted by Crippen LogP contribution is 2.43. The normalized spacial score (nSPS) is 11.5. The van der Waals surface area contributed by atoms with Crippen molar-refractivity contribution in [3.8, 4) is 50.6 Å². The van der Waals surface area contributed by atoms with Crippen LogP contribution in [-0.2, 0) is 0 Å². The summed E-state index contributed by atoms with van der Waals surface area (Å²) in [6.45, 7) is 4.00. The van der Waals surface area contributed by atoms with E-state index in [2.05, 4.69) is 199 Å². The van der Waals surface area contributed by atoms with Crippen molar-refractivity contribution in [3.63, 3.8) is 0 Å². The highest BCUT2D eigenvalue weighted by atomic mass is 32.1. The molecule has 9 aromatic carbocycles. The molecule has 12 rings (SSSR count). The van der Waals surface area contributed by atoms with E-state index in [0.717, 1.165) is 44.3 Å². The smallest absolute Gasteiger partial charge is 0.235 e. The van der Waals surface area contributed by atoms with Gasteiger partial charge in [0.15, 0.2) is 0 Å². The van der Waals surface area contributed by atoms with E-state index in [9.17, 15) is 0 Å². The molecule has 0 unspecified atom stereocenters. The molecule has 0 saturated carbocycles. The lowest BCUT2D eigenvalue weighted by Crippen LogP contribution is -2.04. The summed E-state index contributed by atoms with van der Waals surface area (Å²) in [7, 11) is 0. The van der Waals surface area contributed by atoms with Gasteiger partial charge in [-0.1, -0.05) is 172 Å². The summed E-state index contributed by atoms with van der Waals surface area (Å²) in [6, 6.07) is 72.1. The van der Waals surface area contributed by atoms with Gasteiger partial charge in [-0.15, -0.1) is 11.3 Å². The molecule has 0 atom stereocenters. The average molecular weight is 786 g/mol. The van der Waals surface area contributed by atoms with Crippen molar-refractivity contribution in [1.82, 2.24) is 14.5 Å². The van der Waals surface area contributed by atoms with E-state index in [4.69, 9.17) is 9.97 Å². The third kappa shape index (κ3) is 5.87. The summed E-state index contributed by atoms with van der Waals surface area (Å²) < 4.78 is 4.94. The van der Waals surface area contributed by atoms with Gasteiger partial charge in [0.2, 0.25) is 5.95 Å². The monoisotopic (exact) mass is 785 g/mol. The van der Waals surface area contributed by atoms with Crippen molar-refractivity contribution in [2.24, 2.45) is 0 Å². The van der Waals surface area contributed by atoms with Gasteiger partial charge in [0.1, 0.15) is 0 Å². The second-order valence-corrected chi connectivity index (χ2v) is 16.0. The molecule has 0 N–H and O–H groups in total. The van der Waals surface area contributed by atoms with E-state index in [0.29, 0.717) is 5.95 Å². The Labute approximate surface area is 352 Å². The predicted octanol–water partition coefficient (Wildman–Crippen LogP) is 15.9. The lowest BCUT2D eigenvalue weighted by molar-refractivity contribution is 1.01. The molecule has 284 valence electrons. The van der Waals surface area contributed by atoms with Crippen molar-refractivity contribution in [2.75, 3.05) is 0 Å². The molecule has 3 nitrogen and oxygen atoms in total. The number of para-hydroxylation sites is 2. The lowest BCUT2D eigenvalue weighted by atomic mass is 9.95. The van der Waals surface area contributed by atoms with E-state index in [1.165, 1.54) is 64.0 Å². The van der Waals surface area contributed by atoms with Gasteiger partial charge in [-0.3, -0.25) is 4.57 Å². The summed E-state index contributed by atoms with van der Waals surface area (Å²) in [5.41, 5.74) is 12.1. The fraction of sp³-hybridized carbons (Fsp3) is 0.0357. The second-order valence-electron chi connectivity index (χ2n) is 14.9. The number of aromatic nitrogens is 3. The van der Waals surface area contributed by atoms with Crippen molar-refractivity contribution >= 4 is 75.0 Å². The van der Waals surface area contributed by atoms with Crippen LogP contribution in [0.25, 0.3) is 114 Å². The maximum Gasteiger partial charge on any atom is 0.235 e. The number of benzene rings is 9. The maximum atomic E-state index is 5.42. The summed E-state index contributed by atoms with van der Waals surface area (Å²) in [6.07, 6.45) is 0. The van der Waals surface area contributed by atoms with Crippen LogP contribution in [0, 0.1) is 0 Å². The molecular weight excluding hydrogens is 747 g/mol. The molecule has 0 fully saturated rings. The van der Waals surface area contributed by atoms with Crippen molar-refractivity contribution in [2.45, 2.75) is 13.8 Å². The fourth-order valence-corrected chi connectivity index (χ4v) is 9.99. The van der Waals surface area contributed by atoms with Crippen molar-refractivity contribution in [1.29, 1.82) is 0 Å². The van der Waals surface area contributed by atoms with E-state index in [-0.39, 0.29) is 0 Å². The van der Waals surface area contributed by atoms with Crippen LogP contribution in [0.3, 0.4) is 0 Å². The zero-order chi connectivity index (χ0) is 40.2. The first-order chi connectivity index (χ1) is 29.7. The molecule has 0 radical (unpaired) electrons. The Morgan fingerprint density at radius 2 is 1.00 bits per heavy atom. The largest absolute Gasteiger partial charge is 0.277 e. The summed E-state index contributed by atoms with van der Waals surface area (Å²) >= 11 is 1.86. The first-order valence-electron chi connectivity index (χ1n) is 20.7. The van der Waals surface area contributed by atoms with Crippen LogP contribution < -0.4 is 0 Å². The van der Waals surface area contributed by atoms with Crippen LogP contribution in [0.5, 0.6) is 0 Å². The minimum Gasteiger partial charge on any atom is -0.277 e. The molecule has 3 heterocycles. The molecule has 0 amide bonds. The van der Waals surface area contributed by atoms with Crippen LogP contribution >= 0.6 is 11.3 Å². The third-order valence-electron chi connectivity index (χ3n) is 11.6. The molecule has 0 aliphatic carbocycles. The Hall–Kier alpha value is -7.40. The number of hydrogen-bond donors (Lipinski definition) is 0. The van der Waals surface area contributed by atoms with E-state index < -0.39 is 0 Å². The number of fused-ring (bicyclic) bond motifs is 9. The van der Waals surface area contributed by atoms with Gasteiger partial charge < -0.3 is 0 Å². The molecule has 12 aromatic rings. The van der Waals surface area contributed by atoms with Crippen LogP contribution in [0.1, 0.15) is 13.8 Å². The molecular formula is C56H39N3S. The SMILES string of the molecule is CC.c1ccc(-c2nc(-n3c4ccc5ccccc5c4c4cccc(-c5cccc(-c6cccc(-c7ccc8sc9ccccc9c8c7)c6)c5)c43)nc3ccccc23)cc1. The summed E-state index contributed by atoms with van der Waals surface area (Å²) in [5.74, 6) is 0.652. The van der Waals surface area contributed by atoms with Crippen molar-refractivity contribution < 1.29 is 0 Å². The van der Waals surface area contributed by atoms with Crippen molar-refractivity contribution in [3.05, 3.63) is 200 Å². The van der Waals surface area contributed by atoms with Gasteiger partial charge in [0.05, 0.1) is 22.2 Å². The van der Waals surface area contributed by atoms with E-state index in [1.807, 2.05) is 31.3 Å². The standard InChI is InChI=1S/C54H33N3S.C2H6/c1-2-14-35(15-3-1)52-44-22-6-8-25-47(44)55-54(56-52)57-48-29-27-34-13-4-5-20-41(34)51(48)45-24-12-23-42(53(45)57)40-19-11-18-38(32-40)36-16-10-17-37(31-36)39-28-30-50-46(33-39)43-21-7-9-26-49(43)58-50;1-2/h1-33H;1-2H3. The molecule has 3 aromatic heterocycles.